The Morgan fingerprint density at radius 1 is 1.37 bits per heavy atom. The number of hydrogen-bond acceptors (Lipinski definition) is 2. The SMILES string of the molecule is CCCN(Cc1ccc(F)cc1F)CC1CCCN1. The van der Waals surface area contributed by atoms with Crippen LogP contribution < -0.4 is 5.32 Å². The van der Waals surface area contributed by atoms with Crippen molar-refractivity contribution < 1.29 is 8.78 Å². The van der Waals surface area contributed by atoms with E-state index in [0.717, 1.165) is 32.1 Å². The molecule has 0 saturated carbocycles. The van der Waals surface area contributed by atoms with E-state index in [4.69, 9.17) is 0 Å². The predicted molar refractivity (Wildman–Crippen MR) is 73.0 cm³/mol. The third-order valence-corrected chi connectivity index (χ3v) is 3.59. The van der Waals surface area contributed by atoms with Crippen LogP contribution in [0.2, 0.25) is 0 Å². The third kappa shape index (κ3) is 4.25. The Balaban J connectivity index is 1.98. The van der Waals surface area contributed by atoms with Crippen LogP contribution in [0.5, 0.6) is 0 Å². The van der Waals surface area contributed by atoms with Gasteiger partial charge in [-0.2, -0.15) is 0 Å². The van der Waals surface area contributed by atoms with Crippen molar-refractivity contribution in [3.05, 3.63) is 35.4 Å². The van der Waals surface area contributed by atoms with Crippen LogP contribution in [0.15, 0.2) is 18.2 Å². The summed E-state index contributed by atoms with van der Waals surface area (Å²) in [4.78, 5) is 2.25. The van der Waals surface area contributed by atoms with Gasteiger partial charge in [-0.25, -0.2) is 8.78 Å². The molecule has 1 fully saturated rings. The topological polar surface area (TPSA) is 15.3 Å². The second-order valence-electron chi connectivity index (χ2n) is 5.26. The van der Waals surface area contributed by atoms with E-state index >= 15 is 0 Å². The van der Waals surface area contributed by atoms with E-state index < -0.39 is 11.6 Å². The molecule has 1 unspecified atom stereocenters. The fourth-order valence-electron chi connectivity index (χ4n) is 2.67. The lowest BCUT2D eigenvalue weighted by Gasteiger charge is -2.25. The molecule has 0 radical (unpaired) electrons. The Hall–Kier alpha value is -1.00. The second kappa shape index (κ2) is 6.96. The maximum absolute atomic E-state index is 13.7. The summed E-state index contributed by atoms with van der Waals surface area (Å²) in [7, 11) is 0. The summed E-state index contributed by atoms with van der Waals surface area (Å²) in [5.74, 6) is -0.957. The number of halogens is 2. The van der Waals surface area contributed by atoms with Crippen LogP contribution in [-0.4, -0.2) is 30.6 Å². The summed E-state index contributed by atoms with van der Waals surface area (Å²) in [5, 5.41) is 3.46. The zero-order chi connectivity index (χ0) is 13.7. The van der Waals surface area contributed by atoms with Gasteiger partial charge in [0.1, 0.15) is 11.6 Å². The molecular weight excluding hydrogens is 246 g/mol. The summed E-state index contributed by atoms with van der Waals surface area (Å²) >= 11 is 0. The molecule has 0 aromatic heterocycles. The minimum Gasteiger partial charge on any atom is -0.313 e. The average Bonchev–Trinajstić information content (AvgIpc) is 2.86. The maximum Gasteiger partial charge on any atom is 0.130 e. The van der Waals surface area contributed by atoms with Gasteiger partial charge in [-0.05, 0) is 38.4 Å². The molecule has 0 spiro atoms. The van der Waals surface area contributed by atoms with Crippen molar-refractivity contribution in [3.63, 3.8) is 0 Å². The lowest BCUT2D eigenvalue weighted by atomic mass is 10.1. The van der Waals surface area contributed by atoms with Crippen molar-refractivity contribution in [2.45, 2.75) is 38.8 Å². The first-order valence-electron chi connectivity index (χ1n) is 7.08. The second-order valence-corrected chi connectivity index (χ2v) is 5.26. The zero-order valence-electron chi connectivity index (χ0n) is 11.5. The van der Waals surface area contributed by atoms with Crippen molar-refractivity contribution >= 4 is 0 Å². The van der Waals surface area contributed by atoms with Crippen molar-refractivity contribution in [2.75, 3.05) is 19.6 Å². The summed E-state index contributed by atoms with van der Waals surface area (Å²) in [5.41, 5.74) is 0.577. The highest BCUT2D eigenvalue weighted by Gasteiger charge is 2.18. The normalized spacial score (nSPS) is 19.3. The molecule has 1 N–H and O–H groups in total. The Morgan fingerprint density at radius 2 is 2.21 bits per heavy atom. The molecule has 0 bridgehead atoms. The molecule has 19 heavy (non-hydrogen) atoms. The molecule has 106 valence electrons. The van der Waals surface area contributed by atoms with E-state index in [1.165, 1.54) is 18.9 Å². The van der Waals surface area contributed by atoms with Crippen LogP contribution in [0.25, 0.3) is 0 Å². The van der Waals surface area contributed by atoms with E-state index in [1.54, 1.807) is 6.07 Å². The largest absolute Gasteiger partial charge is 0.313 e. The zero-order valence-corrected chi connectivity index (χ0v) is 11.5. The lowest BCUT2D eigenvalue weighted by Crippen LogP contribution is -2.37. The van der Waals surface area contributed by atoms with E-state index in [1.807, 2.05) is 0 Å². The molecule has 1 aliphatic heterocycles. The molecule has 1 saturated heterocycles. The molecule has 1 aromatic carbocycles. The first kappa shape index (κ1) is 14.4. The van der Waals surface area contributed by atoms with E-state index in [0.29, 0.717) is 18.2 Å². The highest BCUT2D eigenvalue weighted by molar-refractivity contribution is 5.18. The highest BCUT2D eigenvalue weighted by Crippen LogP contribution is 2.14. The molecule has 2 nitrogen and oxygen atoms in total. The summed E-state index contributed by atoms with van der Waals surface area (Å²) in [6.45, 7) is 5.63. The van der Waals surface area contributed by atoms with Gasteiger partial charge in [0.15, 0.2) is 0 Å². The van der Waals surface area contributed by atoms with E-state index in [9.17, 15) is 8.78 Å². The summed E-state index contributed by atoms with van der Waals surface area (Å²) < 4.78 is 26.6. The first-order chi connectivity index (χ1) is 9.19. The molecule has 1 aliphatic rings. The monoisotopic (exact) mass is 268 g/mol. The van der Waals surface area contributed by atoms with Gasteiger partial charge in [0.25, 0.3) is 0 Å². The van der Waals surface area contributed by atoms with Gasteiger partial charge in [-0.15, -0.1) is 0 Å². The minimum atomic E-state index is -0.513. The Kier molecular flexibility index (Phi) is 5.28. The van der Waals surface area contributed by atoms with Crippen LogP contribution in [0.1, 0.15) is 31.7 Å². The van der Waals surface area contributed by atoms with Gasteiger partial charge in [0, 0.05) is 30.8 Å². The predicted octanol–water partition coefficient (Wildman–Crippen LogP) is 2.93. The van der Waals surface area contributed by atoms with Crippen LogP contribution >= 0.6 is 0 Å². The third-order valence-electron chi connectivity index (χ3n) is 3.59. The molecule has 1 heterocycles. The van der Waals surface area contributed by atoms with Crippen LogP contribution in [0, 0.1) is 11.6 Å². The number of hydrogen-bond donors (Lipinski definition) is 1. The highest BCUT2D eigenvalue weighted by atomic mass is 19.1. The smallest absolute Gasteiger partial charge is 0.130 e. The summed E-state index contributed by atoms with van der Waals surface area (Å²) in [6.07, 6.45) is 3.44. The maximum atomic E-state index is 13.7. The van der Waals surface area contributed by atoms with Crippen LogP contribution in [-0.2, 0) is 6.54 Å². The molecule has 2 rings (SSSR count). The van der Waals surface area contributed by atoms with E-state index in [2.05, 4.69) is 17.1 Å². The van der Waals surface area contributed by atoms with Crippen molar-refractivity contribution in [1.82, 2.24) is 10.2 Å². The minimum absolute atomic E-state index is 0.444. The molecule has 1 atom stereocenters. The first-order valence-corrected chi connectivity index (χ1v) is 7.08. The van der Waals surface area contributed by atoms with Gasteiger partial charge < -0.3 is 5.32 Å². The molecular formula is C15H22F2N2. The van der Waals surface area contributed by atoms with Crippen molar-refractivity contribution in [1.29, 1.82) is 0 Å². The molecule has 0 aliphatic carbocycles. The number of rotatable bonds is 6. The van der Waals surface area contributed by atoms with Gasteiger partial charge in [0.05, 0.1) is 0 Å². The number of benzene rings is 1. The molecule has 0 amide bonds. The fourth-order valence-corrected chi connectivity index (χ4v) is 2.67. The Labute approximate surface area is 113 Å². The number of nitrogens with one attached hydrogen (secondary N) is 1. The van der Waals surface area contributed by atoms with E-state index in [-0.39, 0.29) is 0 Å². The lowest BCUT2D eigenvalue weighted by molar-refractivity contribution is 0.238. The molecule has 4 heteroatoms. The van der Waals surface area contributed by atoms with Crippen molar-refractivity contribution in [3.8, 4) is 0 Å². The van der Waals surface area contributed by atoms with Gasteiger partial charge in [-0.3, -0.25) is 4.90 Å². The summed E-state index contributed by atoms with van der Waals surface area (Å²) in [6, 6.07) is 4.36. The number of nitrogens with zero attached hydrogens (tertiary/aromatic N) is 1. The average molecular weight is 268 g/mol. The quantitative estimate of drug-likeness (QED) is 0.853. The Morgan fingerprint density at radius 3 is 2.84 bits per heavy atom. The molecule has 1 aromatic rings. The van der Waals surface area contributed by atoms with Crippen molar-refractivity contribution in [2.24, 2.45) is 0 Å². The Bertz CT molecular complexity index is 403. The van der Waals surface area contributed by atoms with Gasteiger partial charge in [0.2, 0.25) is 0 Å². The van der Waals surface area contributed by atoms with Gasteiger partial charge in [-0.1, -0.05) is 13.0 Å². The van der Waals surface area contributed by atoms with Crippen LogP contribution in [0.3, 0.4) is 0 Å². The van der Waals surface area contributed by atoms with Crippen LogP contribution in [0.4, 0.5) is 8.78 Å². The fraction of sp³-hybridized carbons (Fsp3) is 0.600. The van der Waals surface area contributed by atoms with Gasteiger partial charge >= 0.3 is 0 Å². The standard InChI is InChI=1S/C15H22F2N2/c1-2-8-19(11-14-4-3-7-18-14)10-12-5-6-13(16)9-15(12)17/h5-6,9,14,18H,2-4,7-8,10-11H2,1H3.